The molecule has 0 amide bonds. The van der Waals surface area contributed by atoms with Gasteiger partial charge in [-0.05, 0) is 25.8 Å². The van der Waals surface area contributed by atoms with Crippen molar-refractivity contribution in [1.29, 1.82) is 0 Å². The van der Waals surface area contributed by atoms with Crippen molar-refractivity contribution in [2.75, 3.05) is 13.1 Å². The fourth-order valence-corrected chi connectivity index (χ4v) is 1.36. The number of nitrogens with zero attached hydrogens (tertiary/aromatic N) is 1. The Bertz CT molecular complexity index is 84.4. The van der Waals surface area contributed by atoms with Crippen LogP contribution in [0.1, 0.15) is 19.3 Å². The lowest BCUT2D eigenvalue weighted by molar-refractivity contribution is 0.253. The van der Waals surface area contributed by atoms with E-state index in [1.807, 2.05) is 5.01 Å². The van der Waals surface area contributed by atoms with Crippen molar-refractivity contribution < 1.29 is 0 Å². The Hall–Kier alpha value is -0.120. The molecule has 1 heterocycles. The molecule has 9 heavy (non-hydrogen) atoms. The van der Waals surface area contributed by atoms with Crippen LogP contribution in [0.25, 0.3) is 0 Å². The first kappa shape index (κ1) is 6.99. The van der Waals surface area contributed by atoms with Crippen molar-refractivity contribution in [3.8, 4) is 0 Å². The lowest BCUT2D eigenvalue weighted by atomic mass is 10.2. The van der Waals surface area contributed by atoms with Gasteiger partial charge in [-0.2, -0.15) is 0 Å². The summed E-state index contributed by atoms with van der Waals surface area (Å²) in [6.45, 7) is 1.81. The molecular weight excluding hydrogens is 114 g/mol. The van der Waals surface area contributed by atoms with E-state index in [0.717, 1.165) is 19.5 Å². The quantitative estimate of drug-likeness (QED) is 0.502. The second kappa shape index (κ2) is 3.15. The van der Waals surface area contributed by atoms with Gasteiger partial charge in [0, 0.05) is 12.6 Å². The zero-order valence-corrected chi connectivity index (χ0v) is 5.71. The summed E-state index contributed by atoms with van der Waals surface area (Å²) in [5.74, 6) is 5.64. The van der Waals surface area contributed by atoms with E-state index < -0.39 is 0 Å². The van der Waals surface area contributed by atoms with Crippen LogP contribution in [-0.2, 0) is 0 Å². The van der Waals surface area contributed by atoms with Crippen molar-refractivity contribution in [1.82, 2.24) is 5.01 Å². The summed E-state index contributed by atoms with van der Waals surface area (Å²) in [4.78, 5) is 0. The summed E-state index contributed by atoms with van der Waals surface area (Å²) in [5.41, 5.74) is 5.39. The summed E-state index contributed by atoms with van der Waals surface area (Å²) in [6.07, 6.45) is 3.52. The Balaban J connectivity index is 2.22. The molecule has 1 atom stereocenters. The average Bonchev–Trinajstić information content (AvgIpc) is 2.18. The summed E-state index contributed by atoms with van der Waals surface area (Å²) < 4.78 is 0. The molecule has 0 radical (unpaired) electrons. The van der Waals surface area contributed by atoms with Gasteiger partial charge in [0.2, 0.25) is 0 Å². The van der Waals surface area contributed by atoms with Crippen LogP contribution in [0.4, 0.5) is 0 Å². The summed E-state index contributed by atoms with van der Waals surface area (Å²) >= 11 is 0. The Morgan fingerprint density at radius 3 is 2.78 bits per heavy atom. The second-order valence-corrected chi connectivity index (χ2v) is 2.61. The van der Waals surface area contributed by atoms with E-state index in [9.17, 15) is 0 Å². The smallest absolute Gasteiger partial charge is 0.0253 e. The van der Waals surface area contributed by atoms with E-state index in [0.29, 0.717) is 6.04 Å². The second-order valence-electron chi connectivity index (χ2n) is 2.61. The molecule has 1 aliphatic rings. The molecule has 0 spiro atoms. The SMILES string of the molecule is NCC[C@H]1CCCN1N. The minimum Gasteiger partial charge on any atom is -0.330 e. The minimum absolute atomic E-state index is 0.565. The largest absolute Gasteiger partial charge is 0.330 e. The van der Waals surface area contributed by atoms with Crippen LogP contribution in [0.3, 0.4) is 0 Å². The van der Waals surface area contributed by atoms with Crippen LogP contribution in [0, 0.1) is 0 Å². The Labute approximate surface area is 56.0 Å². The molecule has 1 saturated heterocycles. The maximum atomic E-state index is 5.64. The molecule has 3 nitrogen and oxygen atoms in total. The highest BCUT2D eigenvalue weighted by Crippen LogP contribution is 2.14. The van der Waals surface area contributed by atoms with E-state index >= 15 is 0 Å². The third-order valence-corrected chi connectivity index (χ3v) is 1.92. The fourth-order valence-electron chi connectivity index (χ4n) is 1.36. The fraction of sp³-hybridized carbons (Fsp3) is 1.00. The van der Waals surface area contributed by atoms with Crippen LogP contribution >= 0.6 is 0 Å². The minimum atomic E-state index is 0.565. The van der Waals surface area contributed by atoms with Gasteiger partial charge in [0.25, 0.3) is 0 Å². The van der Waals surface area contributed by atoms with Crippen LogP contribution < -0.4 is 11.6 Å². The Morgan fingerprint density at radius 2 is 2.33 bits per heavy atom. The van der Waals surface area contributed by atoms with E-state index in [1.165, 1.54) is 12.8 Å². The van der Waals surface area contributed by atoms with Gasteiger partial charge in [-0.3, -0.25) is 5.84 Å². The number of hydrogen-bond acceptors (Lipinski definition) is 3. The number of rotatable bonds is 2. The monoisotopic (exact) mass is 129 g/mol. The zero-order chi connectivity index (χ0) is 6.69. The van der Waals surface area contributed by atoms with E-state index in [2.05, 4.69) is 0 Å². The van der Waals surface area contributed by atoms with Crippen molar-refractivity contribution in [3.05, 3.63) is 0 Å². The van der Waals surface area contributed by atoms with Crippen LogP contribution in [0.5, 0.6) is 0 Å². The third-order valence-electron chi connectivity index (χ3n) is 1.92. The number of hydrazine groups is 1. The molecule has 0 unspecified atom stereocenters. The molecule has 1 fully saturated rings. The topological polar surface area (TPSA) is 55.3 Å². The summed E-state index contributed by atoms with van der Waals surface area (Å²) in [5, 5.41) is 1.91. The number of nitrogens with two attached hydrogens (primary N) is 2. The normalized spacial score (nSPS) is 29.3. The van der Waals surface area contributed by atoms with E-state index in [4.69, 9.17) is 11.6 Å². The first-order chi connectivity index (χ1) is 4.34. The third kappa shape index (κ3) is 1.64. The molecule has 0 aliphatic carbocycles. The number of hydrogen-bond donors (Lipinski definition) is 2. The zero-order valence-electron chi connectivity index (χ0n) is 5.71. The molecule has 0 aromatic rings. The van der Waals surface area contributed by atoms with Crippen LogP contribution in [0.2, 0.25) is 0 Å². The Morgan fingerprint density at radius 1 is 1.56 bits per heavy atom. The molecular formula is C6H15N3. The highest BCUT2D eigenvalue weighted by molar-refractivity contribution is 4.74. The maximum Gasteiger partial charge on any atom is 0.0253 e. The standard InChI is InChI=1S/C6H15N3/c7-4-3-6-2-1-5-9(6)8/h6H,1-5,7-8H2/t6-/m1/s1. The van der Waals surface area contributed by atoms with Gasteiger partial charge in [-0.15, -0.1) is 0 Å². The lowest BCUT2D eigenvalue weighted by Gasteiger charge is -2.17. The van der Waals surface area contributed by atoms with Crippen molar-refractivity contribution in [2.24, 2.45) is 11.6 Å². The van der Waals surface area contributed by atoms with Crippen molar-refractivity contribution in [2.45, 2.75) is 25.3 Å². The molecule has 1 aliphatic heterocycles. The highest BCUT2D eigenvalue weighted by atomic mass is 15.4. The molecule has 0 aromatic heterocycles. The molecule has 0 saturated carbocycles. The van der Waals surface area contributed by atoms with Crippen LogP contribution in [-0.4, -0.2) is 24.1 Å². The van der Waals surface area contributed by atoms with Crippen molar-refractivity contribution in [3.63, 3.8) is 0 Å². The Kier molecular flexibility index (Phi) is 2.45. The molecule has 4 N–H and O–H groups in total. The summed E-state index contributed by atoms with van der Waals surface area (Å²) in [6, 6.07) is 0.565. The first-order valence-electron chi connectivity index (χ1n) is 3.56. The van der Waals surface area contributed by atoms with Gasteiger partial charge in [-0.1, -0.05) is 0 Å². The summed E-state index contributed by atoms with van der Waals surface area (Å²) in [7, 11) is 0. The van der Waals surface area contributed by atoms with Gasteiger partial charge in [0.1, 0.15) is 0 Å². The van der Waals surface area contributed by atoms with Crippen LogP contribution in [0.15, 0.2) is 0 Å². The van der Waals surface area contributed by atoms with E-state index in [1.54, 1.807) is 0 Å². The van der Waals surface area contributed by atoms with Crippen molar-refractivity contribution >= 4 is 0 Å². The first-order valence-corrected chi connectivity index (χ1v) is 3.56. The predicted molar refractivity (Wildman–Crippen MR) is 37.6 cm³/mol. The van der Waals surface area contributed by atoms with Gasteiger partial charge >= 0.3 is 0 Å². The highest BCUT2D eigenvalue weighted by Gasteiger charge is 2.19. The predicted octanol–water partition coefficient (Wildman–Crippen LogP) is -0.327. The molecule has 1 rings (SSSR count). The molecule has 3 heteroatoms. The molecule has 0 aromatic carbocycles. The lowest BCUT2D eigenvalue weighted by Crippen LogP contribution is -2.36. The molecule has 0 bridgehead atoms. The maximum absolute atomic E-state index is 5.64. The van der Waals surface area contributed by atoms with E-state index in [-0.39, 0.29) is 0 Å². The van der Waals surface area contributed by atoms with Gasteiger partial charge in [-0.25, -0.2) is 5.01 Å². The van der Waals surface area contributed by atoms with Gasteiger partial charge < -0.3 is 5.73 Å². The van der Waals surface area contributed by atoms with Gasteiger partial charge in [0.15, 0.2) is 0 Å². The van der Waals surface area contributed by atoms with Gasteiger partial charge in [0.05, 0.1) is 0 Å². The average molecular weight is 129 g/mol. The molecule has 54 valence electrons.